The first-order valence-corrected chi connectivity index (χ1v) is 7.20. The van der Waals surface area contributed by atoms with E-state index in [0.717, 1.165) is 17.3 Å². The smallest absolute Gasteiger partial charge is 0.313 e. The van der Waals surface area contributed by atoms with Gasteiger partial charge < -0.3 is 4.98 Å². The van der Waals surface area contributed by atoms with Gasteiger partial charge in [-0.15, -0.1) is 0 Å². The molecule has 0 aliphatic carbocycles. The lowest BCUT2D eigenvalue weighted by Gasteiger charge is -2.08. The Kier molecular flexibility index (Phi) is 3.49. The molecule has 3 N–H and O–H groups in total. The van der Waals surface area contributed by atoms with Crippen molar-refractivity contribution >= 4 is 15.7 Å². The van der Waals surface area contributed by atoms with Gasteiger partial charge in [-0.1, -0.05) is 6.07 Å². The van der Waals surface area contributed by atoms with E-state index in [0.29, 0.717) is 5.69 Å². The van der Waals surface area contributed by atoms with Gasteiger partial charge in [0.2, 0.25) is 0 Å². The van der Waals surface area contributed by atoms with E-state index in [1.54, 1.807) is 18.2 Å². The summed E-state index contributed by atoms with van der Waals surface area (Å²) in [6.07, 6.45) is 0.866. The maximum atomic E-state index is 12.1. The van der Waals surface area contributed by atoms with Crippen molar-refractivity contribution in [1.29, 1.82) is 0 Å². The molecule has 0 unspecified atom stereocenters. The van der Waals surface area contributed by atoms with Crippen LogP contribution in [0.5, 0.6) is 0 Å². The van der Waals surface area contributed by atoms with Crippen LogP contribution in [0.25, 0.3) is 0 Å². The van der Waals surface area contributed by atoms with Crippen LogP contribution >= 0.6 is 0 Å². The van der Waals surface area contributed by atoms with E-state index < -0.39 is 26.2 Å². The quantitative estimate of drug-likeness (QED) is 0.764. The molecular weight excluding hydrogens is 282 g/mol. The van der Waals surface area contributed by atoms with E-state index in [1.165, 1.54) is 0 Å². The van der Waals surface area contributed by atoms with Crippen molar-refractivity contribution in [2.45, 2.75) is 18.7 Å². The molecule has 8 heteroatoms. The van der Waals surface area contributed by atoms with Crippen LogP contribution in [0.4, 0.5) is 5.69 Å². The van der Waals surface area contributed by atoms with E-state index in [9.17, 15) is 18.0 Å². The predicted octanol–water partition coefficient (Wildman–Crippen LogP) is 0.481. The number of aromatic nitrogens is 2. The fourth-order valence-electron chi connectivity index (χ4n) is 1.61. The fraction of sp³-hybridized carbons (Fsp3) is 0.167. The van der Waals surface area contributed by atoms with Crippen molar-refractivity contribution in [3.63, 3.8) is 0 Å². The second kappa shape index (κ2) is 4.97. The largest absolute Gasteiger partial charge is 0.325 e. The molecule has 2 rings (SSSR count). The van der Waals surface area contributed by atoms with Gasteiger partial charge in [0.1, 0.15) is 0 Å². The van der Waals surface area contributed by atoms with Crippen molar-refractivity contribution in [2.24, 2.45) is 0 Å². The molecule has 0 amide bonds. The van der Waals surface area contributed by atoms with Crippen molar-refractivity contribution in [1.82, 2.24) is 9.97 Å². The molecule has 1 aromatic heterocycles. The summed E-state index contributed by atoms with van der Waals surface area (Å²) in [6, 6.07) is 5.02. The van der Waals surface area contributed by atoms with Crippen LogP contribution in [0.2, 0.25) is 0 Å². The molecule has 0 aliphatic heterocycles. The summed E-state index contributed by atoms with van der Waals surface area (Å²) in [5, 5.41) is 0. The highest BCUT2D eigenvalue weighted by atomic mass is 32.2. The third-order valence-electron chi connectivity index (χ3n) is 2.83. The highest BCUT2D eigenvalue weighted by molar-refractivity contribution is 7.92. The average molecular weight is 295 g/mol. The summed E-state index contributed by atoms with van der Waals surface area (Å²) in [4.78, 5) is 25.8. The number of benzene rings is 1. The predicted molar refractivity (Wildman–Crippen MR) is 74.4 cm³/mol. The second-order valence-electron chi connectivity index (χ2n) is 4.34. The Morgan fingerprint density at radius 2 is 1.80 bits per heavy atom. The van der Waals surface area contributed by atoms with Gasteiger partial charge in [0, 0.05) is 11.9 Å². The SMILES string of the molecule is Cc1ccc(NS(=O)(=O)c2c[nH]c(=O)[nH]c2=O)cc1C. The summed E-state index contributed by atoms with van der Waals surface area (Å²) in [6.45, 7) is 3.75. The molecule has 2 aromatic rings. The molecule has 1 heterocycles. The Balaban J connectivity index is 2.43. The summed E-state index contributed by atoms with van der Waals surface area (Å²) < 4.78 is 26.4. The minimum atomic E-state index is -4.05. The van der Waals surface area contributed by atoms with Gasteiger partial charge in [-0.25, -0.2) is 13.2 Å². The lowest BCUT2D eigenvalue weighted by atomic mass is 10.1. The van der Waals surface area contributed by atoms with E-state index in [2.05, 4.69) is 9.71 Å². The molecule has 106 valence electrons. The number of aryl methyl sites for hydroxylation is 2. The Hall–Kier alpha value is -2.35. The van der Waals surface area contributed by atoms with E-state index in [1.807, 2.05) is 18.8 Å². The molecule has 20 heavy (non-hydrogen) atoms. The minimum Gasteiger partial charge on any atom is -0.313 e. The maximum absolute atomic E-state index is 12.1. The van der Waals surface area contributed by atoms with E-state index >= 15 is 0 Å². The molecule has 0 spiro atoms. The van der Waals surface area contributed by atoms with Crippen molar-refractivity contribution in [3.8, 4) is 0 Å². The summed E-state index contributed by atoms with van der Waals surface area (Å²) in [7, 11) is -4.05. The average Bonchev–Trinajstić information content (AvgIpc) is 2.33. The molecule has 0 aliphatic rings. The van der Waals surface area contributed by atoms with Crippen LogP contribution in [-0.4, -0.2) is 18.4 Å². The highest BCUT2D eigenvalue weighted by Gasteiger charge is 2.19. The van der Waals surface area contributed by atoms with Gasteiger partial charge in [0.15, 0.2) is 4.90 Å². The Labute approximate surface area is 114 Å². The second-order valence-corrected chi connectivity index (χ2v) is 5.99. The van der Waals surface area contributed by atoms with E-state index in [4.69, 9.17) is 0 Å². The number of hydrogen-bond acceptors (Lipinski definition) is 4. The first-order chi connectivity index (χ1) is 9.29. The molecule has 0 saturated carbocycles. The zero-order valence-electron chi connectivity index (χ0n) is 10.9. The van der Waals surface area contributed by atoms with Crippen molar-refractivity contribution in [2.75, 3.05) is 4.72 Å². The van der Waals surface area contributed by atoms with Gasteiger partial charge in [-0.2, -0.15) is 0 Å². The Morgan fingerprint density at radius 1 is 1.10 bits per heavy atom. The van der Waals surface area contributed by atoms with Crippen LogP contribution in [0.1, 0.15) is 11.1 Å². The summed E-state index contributed by atoms with van der Waals surface area (Å²) in [5.41, 5.74) is 0.555. The number of sulfonamides is 1. The molecule has 0 saturated heterocycles. The molecule has 0 bridgehead atoms. The normalized spacial score (nSPS) is 11.3. The number of hydrogen-bond donors (Lipinski definition) is 3. The van der Waals surface area contributed by atoms with Crippen LogP contribution in [0, 0.1) is 13.8 Å². The van der Waals surface area contributed by atoms with Gasteiger partial charge in [-0.3, -0.25) is 14.5 Å². The zero-order valence-corrected chi connectivity index (χ0v) is 11.7. The molecule has 7 nitrogen and oxygen atoms in total. The van der Waals surface area contributed by atoms with Gasteiger partial charge in [-0.05, 0) is 37.1 Å². The molecule has 0 atom stereocenters. The lowest BCUT2D eigenvalue weighted by Crippen LogP contribution is -2.29. The number of nitrogens with one attached hydrogen (secondary N) is 3. The first kappa shape index (κ1) is 14.1. The number of anilines is 1. The van der Waals surface area contributed by atoms with Crippen LogP contribution in [-0.2, 0) is 10.0 Å². The van der Waals surface area contributed by atoms with Crippen LogP contribution < -0.4 is 16.0 Å². The summed E-state index contributed by atoms with van der Waals surface area (Å²) >= 11 is 0. The third kappa shape index (κ3) is 2.80. The lowest BCUT2D eigenvalue weighted by molar-refractivity contribution is 0.599. The third-order valence-corrected chi connectivity index (χ3v) is 4.22. The molecule has 0 radical (unpaired) electrons. The first-order valence-electron chi connectivity index (χ1n) is 5.72. The molecular formula is C12H13N3O4S. The highest BCUT2D eigenvalue weighted by Crippen LogP contribution is 2.17. The minimum absolute atomic E-state index is 0.346. The summed E-state index contributed by atoms with van der Waals surface area (Å²) in [5.74, 6) is 0. The Morgan fingerprint density at radius 3 is 2.40 bits per heavy atom. The topological polar surface area (TPSA) is 112 Å². The number of aromatic amines is 2. The van der Waals surface area contributed by atoms with Gasteiger partial charge >= 0.3 is 5.69 Å². The maximum Gasteiger partial charge on any atom is 0.325 e. The zero-order chi connectivity index (χ0) is 14.9. The fourth-order valence-corrected chi connectivity index (χ4v) is 2.67. The van der Waals surface area contributed by atoms with Gasteiger partial charge in [0.05, 0.1) is 0 Å². The van der Waals surface area contributed by atoms with Gasteiger partial charge in [0.25, 0.3) is 15.6 Å². The standard InChI is InChI=1S/C12H13N3O4S/c1-7-3-4-9(5-8(7)2)15-20(18,19)10-6-13-12(17)14-11(10)16/h3-6,15H,1-2H3,(H2,13,14,16,17). The Bertz CT molecular complexity index is 865. The number of H-pyrrole nitrogens is 2. The monoisotopic (exact) mass is 295 g/mol. The van der Waals surface area contributed by atoms with Crippen molar-refractivity contribution < 1.29 is 8.42 Å². The van der Waals surface area contributed by atoms with E-state index in [-0.39, 0.29) is 0 Å². The van der Waals surface area contributed by atoms with Crippen LogP contribution in [0.15, 0.2) is 38.9 Å². The van der Waals surface area contributed by atoms with Crippen LogP contribution in [0.3, 0.4) is 0 Å². The van der Waals surface area contributed by atoms with Crippen molar-refractivity contribution in [3.05, 3.63) is 56.4 Å². The molecule has 1 aromatic carbocycles. The molecule has 0 fully saturated rings. The number of rotatable bonds is 3.